The standard InChI is InChI=1S/C6H9ClF3NO2S/c7-14(12,13)11-3-1-5(2-4-11)6(8,9)10/h5H,1-4H2. The number of piperidine rings is 1. The molecule has 0 atom stereocenters. The van der Waals surface area contributed by atoms with E-state index < -0.39 is 21.3 Å². The third-order valence-corrected chi connectivity index (χ3v) is 3.79. The van der Waals surface area contributed by atoms with Gasteiger partial charge in [0.25, 0.3) is 9.24 Å². The molecule has 1 aliphatic heterocycles. The maximum atomic E-state index is 12.2. The quantitative estimate of drug-likeness (QED) is 0.666. The molecule has 0 bridgehead atoms. The number of hydrogen-bond acceptors (Lipinski definition) is 2. The zero-order valence-electron chi connectivity index (χ0n) is 7.09. The fourth-order valence-electron chi connectivity index (χ4n) is 1.40. The van der Waals surface area contributed by atoms with E-state index in [-0.39, 0.29) is 25.9 Å². The van der Waals surface area contributed by atoms with Gasteiger partial charge >= 0.3 is 6.18 Å². The first-order valence-corrected chi connectivity index (χ1v) is 6.24. The van der Waals surface area contributed by atoms with Gasteiger partial charge in [0.15, 0.2) is 0 Å². The third kappa shape index (κ3) is 2.99. The summed E-state index contributed by atoms with van der Waals surface area (Å²) < 4.78 is 58.9. The first kappa shape index (κ1) is 12.1. The first-order chi connectivity index (χ1) is 6.21. The van der Waals surface area contributed by atoms with Crippen LogP contribution in [0.1, 0.15) is 12.8 Å². The van der Waals surface area contributed by atoms with Crippen molar-refractivity contribution in [1.82, 2.24) is 4.31 Å². The zero-order valence-corrected chi connectivity index (χ0v) is 8.66. The molecule has 0 aromatic heterocycles. The molecule has 1 saturated heterocycles. The van der Waals surface area contributed by atoms with Gasteiger partial charge < -0.3 is 0 Å². The van der Waals surface area contributed by atoms with Crippen molar-refractivity contribution in [3.8, 4) is 0 Å². The van der Waals surface area contributed by atoms with Gasteiger partial charge in [0.05, 0.1) is 5.92 Å². The maximum Gasteiger partial charge on any atom is 0.391 e. The molecule has 0 aromatic carbocycles. The lowest BCUT2D eigenvalue weighted by Crippen LogP contribution is -2.40. The minimum Gasteiger partial charge on any atom is -0.195 e. The van der Waals surface area contributed by atoms with Crippen LogP contribution in [0.2, 0.25) is 0 Å². The fraction of sp³-hybridized carbons (Fsp3) is 1.00. The summed E-state index contributed by atoms with van der Waals surface area (Å²) >= 11 is 0. The molecule has 1 aliphatic rings. The van der Waals surface area contributed by atoms with Gasteiger partial charge in [-0.3, -0.25) is 0 Å². The van der Waals surface area contributed by atoms with Crippen molar-refractivity contribution in [3.05, 3.63) is 0 Å². The monoisotopic (exact) mass is 251 g/mol. The van der Waals surface area contributed by atoms with E-state index in [0.29, 0.717) is 0 Å². The molecule has 0 radical (unpaired) electrons. The van der Waals surface area contributed by atoms with Crippen LogP contribution in [0.5, 0.6) is 0 Å². The van der Waals surface area contributed by atoms with Crippen LogP contribution < -0.4 is 0 Å². The third-order valence-electron chi connectivity index (χ3n) is 2.23. The molecule has 0 aliphatic carbocycles. The van der Waals surface area contributed by atoms with Crippen LogP contribution in [0, 0.1) is 5.92 Å². The molecule has 0 unspecified atom stereocenters. The highest BCUT2D eigenvalue weighted by atomic mass is 35.7. The molecule has 0 saturated carbocycles. The van der Waals surface area contributed by atoms with Crippen LogP contribution in [0.15, 0.2) is 0 Å². The van der Waals surface area contributed by atoms with Gasteiger partial charge in [-0.15, -0.1) is 0 Å². The number of hydrogen-bond donors (Lipinski definition) is 0. The minimum atomic E-state index is -4.23. The minimum absolute atomic E-state index is 0.157. The van der Waals surface area contributed by atoms with E-state index in [2.05, 4.69) is 0 Å². The summed E-state index contributed by atoms with van der Waals surface area (Å²) in [6.07, 6.45) is -4.66. The van der Waals surface area contributed by atoms with Gasteiger partial charge in [-0.05, 0) is 12.8 Å². The Morgan fingerprint density at radius 2 is 1.64 bits per heavy atom. The average Bonchev–Trinajstić information content (AvgIpc) is 2.01. The van der Waals surface area contributed by atoms with E-state index in [0.717, 1.165) is 4.31 Å². The molecule has 1 heterocycles. The lowest BCUT2D eigenvalue weighted by atomic mass is 9.98. The first-order valence-electron chi connectivity index (χ1n) is 3.97. The molecule has 0 N–H and O–H groups in total. The van der Waals surface area contributed by atoms with E-state index in [1.54, 1.807) is 0 Å². The highest BCUT2D eigenvalue weighted by molar-refractivity contribution is 8.11. The highest BCUT2D eigenvalue weighted by Gasteiger charge is 2.42. The van der Waals surface area contributed by atoms with Crippen LogP contribution in [-0.2, 0) is 9.24 Å². The highest BCUT2D eigenvalue weighted by Crippen LogP contribution is 2.34. The Morgan fingerprint density at radius 1 is 1.21 bits per heavy atom. The normalized spacial score (nSPS) is 22.6. The van der Waals surface area contributed by atoms with Crippen molar-refractivity contribution < 1.29 is 21.6 Å². The van der Waals surface area contributed by atoms with Gasteiger partial charge in [0, 0.05) is 23.8 Å². The Labute approximate surface area is 84.4 Å². The largest absolute Gasteiger partial charge is 0.391 e. The summed E-state index contributed by atoms with van der Waals surface area (Å²) in [6.45, 7) is -0.313. The van der Waals surface area contributed by atoms with Gasteiger partial charge in [-0.1, -0.05) is 0 Å². The zero-order chi connectivity index (χ0) is 11.0. The average molecular weight is 252 g/mol. The molecule has 84 valence electrons. The maximum absolute atomic E-state index is 12.2. The van der Waals surface area contributed by atoms with Gasteiger partial charge in [-0.25, -0.2) is 0 Å². The molecular formula is C6H9ClF3NO2S. The van der Waals surface area contributed by atoms with Gasteiger partial charge in [-0.2, -0.15) is 25.9 Å². The molecular weight excluding hydrogens is 243 g/mol. The molecule has 8 heteroatoms. The van der Waals surface area contributed by atoms with Crippen molar-refractivity contribution in [2.45, 2.75) is 19.0 Å². The molecule has 1 fully saturated rings. The van der Waals surface area contributed by atoms with Crippen molar-refractivity contribution in [1.29, 1.82) is 0 Å². The number of nitrogens with zero attached hydrogens (tertiary/aromatic N) is 1. The van der Waals surface area contributed by atoms with E-state index in [4.69, 9.17) is 10.7 Å². The Kier molecular flexibility index (Phi) is 3.33. The van der Waals surface area contributed by atoms with Crippen molar-refractivity contribution in [2.75, 3.05) is 13.1 Å². The van der Waals surface area contributed by atoms with Crippen LogP contribution in [0.25, 0.3) is 0 Å². The number of rotatable bonds is 1. The topological polar surface area (TPSA) is 37.4 Å². The summed E-state index contributed by atoms with van der Waals surface area (Å²) in [7, 11) is 1.13. The smallest absolute Gasteiger partial charge is 0.195 e. The molecule has 0 aromatic rings. The summed E-state index contributed by atoms with van der Waals surface area (Å²) in [5.41, 5.74) is 0. The van der Waals surface area contributed by atoms with Crippen molar-refractivity contribution in [3.63, 3.8) is 0 Å². The lowest BCUT2D eigenvalue weighted by Gasteiger charge is -2.30. The molecule has 3 nitrogen and oxygen atoms in total. The Morgan fingerprint density at radius 3 is 1.93 bits per heavy atom. The predicted octanol–water partition coefficient (Wildman–Crippen LogP) is 1.74. The van der Waals surface area contributed by atoms with Crippen molar-refractivity contribution in [2.24, 2.45) is 5.92 Å². The summed E-state index contributed by atoms with van der Waals surface area (Å²) in [5.74, 6) is -1.41. The second-order valence-electron chi connectivity index (χ2n) is 3.16. The second-order valence-corrected chi connectivity index (χ2v) is 5.67. The van der Waals surface area contributed by atoms with Gasteiger partial charge in [0.1, 0.15) is 0 Å². The van der Waals surface area contributed by atoms with E-state index in [1.807, 2.05) is 0 Å². The second kappa shape index (κ2) is 3.86. The van der Waals surface area contributed by atoms with Crippen LogP contribution >= 0.6 is 10.7 Å². The van der Waals surface area contributed by atoms with E-state index >= 15 is 0 Å². The molecule has 14 heavy (non-hydrogen) atoms. The fourth-order valence-corrected chi connectivity index (χ4v) is 2.46. The van der Waals surface area contributed by atoms with Crippen LogP contribution in [-0.4, -0.2) is 32.0 Å². The predicted molar refractivity (Wildman–Crippen MR) is 45.1 cm³/mol. The molecule has 0 amide bonds. The Bertz CT molecular complexity index is 295. The van der Waals surface area contributed by atoms with E-state index in [9.17, 15) is 21.6 Å². The van der Waals surface area contributed by atoms with Crippen molar-refractivity contribution >= 4 is 19.9 Å². The van der Waals surface area contributed by atoms with Gasteiger partial charge in [0.2, 0.25) is 0 Å². The Balaban J connectivity index is 2.56. The molecule has 0 spiro atoms. The van der Waals surface area contributed by atoms with Crippen LogP contribution in [0.3, 0.4) is 0 Å². The summed E-state index contributed by atoms with van der Waals surface area (Å²) in [4.78, 5) is 0. The molecule has 1 rings (SSSR count). The van der Waals surface area contributed by atoms with Crippen LogP contribution in [0.4, 0.5) is 13.2 Å². The summed E-state index contributed by atoms with van der Waals surface area (Å²) in [6, 6.07) is 0. The Hall–Kier alpha value is -0.0100. The van der Waals surface area contributed by atoms with E-state index in [1.165, 1.54) is 0 Å². The number of alkyl halides is 3. The lowest BCUT2D eigenvalue weighted by molar-refractivity contribution is -0.182. The number of halogens is 4. The SMILES string of the molecule is O=S(=O)(Cl)N1CCC(C(F)(F)F)CC1. The summed E-state index contributed by atoms with van der Waals surface area (Å²) in [5, 5.41) is 0.